The van der Waals surface area contributed by atoms with Gasteiger partial charge in [-0.2, -0.15) is 0 Å². The summed E-state index contributed by atoms with van der Waals surface area (Å²) in [6.45, 7) is 0. The number of fused-ring (bicyclic) bond motifs is 2. The Balaban J connectivity index is 1.28. The smallest absolute Gasteiger partial charge is 0.340 e. The summed E-state index contributed by atoms with van der Waals surface area (Å²) in [6.07, 6.45) is 5.66. The summed E-state index contributed by atoms with van der Waals surface area (Å²) >= 11 is 0. The van der Waals surface area contributed by atoms with Crippen LogP contribution in [0.2, 0.25) is 0 Å². The van der Waals surface area contributed by atoms with Crippen LogP contribution < -0.4 is 15.0 Å². The first kappa shape index (κ1) is 22.3. The Labute approximate surface area is 201 Å². The van der Waals surface area contributed by atoms with Crippen molar-refractivity contribution < 1.29 is 14.3 Å². The fraction of sp³-hybridized carbons (Fsp3) is 0.345. The molecule has 5 heteroatoms. The van der Waals surface area contributed by atoms with Gasteiger partial charge >= 0.3 is 5.97 Å². The van der Waals surface area contributed by atoms with Crippen LogP contribution in [0.3, 0.4) is 0 Å². The van der Waals surface area contributed by atoms with Gasteiger partial charge in [0.2, 0.25) is 0 Å². The third kappa shape index (κ3) is 4.35. The van der Waals surface area contributed by atoms with Crippen molar-refractivity contribution in [2.45, 2.75) is 31.6 Å². The number of carbonyl (C=O) groups excluding carboxylic acids is 1. The number of rotatable bonds is 7. The molecular formula is C29H32N2O3. The van der Waals surface area contributed by atoms with Gasteiger partial charge in [0.1, 0.15) is 5.75 Å². The highest BCUT2D eigenvalue weighted by Crippen LogP contribution is 2.52. The standard InChI is InChI=1S/C29H32N2O3/c1-31(23-10-6-20(7-11-23)26-17-19-4-5-21(26)16-19)24-12-8-22(9-13-24)30-28-15-14-25(33-2)18-27(28)29(32)34-3/h6-15,18-19,21,26,30H,4-5,16-17H2,1-3H3. The number of carbonyl (C=O) groups is 1. The Bertz CT molecular complexity index is 1160. The highest BCUT2D eigenvalue weighted by molar-refractivity contribution is 5.97. The third-order valence-electron chi connectivity index (χ3n) is 7.61. The van der Waals surface area contributed by atoms with E-state index in [4.69, 9.17) is 9.47 Å². The van der Waals surface area contributed by atoms with E-state index >= 15 is 0 Å². The maximum atomic E-state index is 12.2. The summed E-state index contributed by atoms with van der Waals surface area (Å²) in [7, 11) is 5.04. The molecule has 3 atom stereocenters. The van der Waals surface area contributed by atoms with Crippen molar-refractivity contribution in [3.05, 3.63) is 77.9 Å². The minimum absolute atomic E-state index is 0.411. The molecule has 3 aromatic rings. The molecule has 2 aliphatic carbocycles. The number of ether oxygens (including phenoxy) is 2. The average Bonchev–Trinajstić information content (AvgIpc) is 3.53. The summed E-state index contributed by atoms with van der Waals surface area (Å²) in [5.74, 6) is 2.82. The molecule has 0 amide bonds. The molecule has 0 saturated heterocycles. The van der Waals surface area contributed by atoms with E-state index < -0.39 is 5.97 Å². The number of methoxy groups -OCH3 is 2. The van der Waals surface area contributed by atoms with E-state index in [0.29, 0.717) is 17.0 Å². The molecule has 5 rings (SSSR count). The molecule has 2 bridgehead atoms. The van der Waals surface area contributed by atoms with Gasteiger partial charge in [0.05, 0.1) is 25.5 Å². The van der Waals surface area contributed by atoms with Crippen molar-refractivity contribution >= 4 is 28.7 Å². The van der Waals surface area contributed by atoms with Crippen molar-refractivity contribution in [3.8, 4) is 5.75 Å². The first-order chi connectivity index (χ1) is 16.6. The van der Waals surface area contributed by atoms with E-state index in [9.17, 15) is 4.79 Å². The van der Waals surface area contributed by atoms with Gasteiger partial charge in [0.15, 0.2) is 0 Å². The summed E-state index contributed by atoms with van der Waals surface area (Å²) < 4.78 is 10.2. The van der Waals surface area contributed by atoms with Crippen LogP contribution in [0.1, 0.15) is 47.5 Å². The lowest BCUT2D eigenvalue weighted by Crippen LogP contribution is -2.11. The fourth-order valence-corrected chi connectivity index (χ4v) is 5.71. The van der Waals surface area contributed by atoms with Crippen molar-refractivity contribution in [2.75, 3.05) is 31.5 Å². The molecule has 3 unspecified atom stereocenters. The Morgan fingerprint density at radius 3 is 2.21 bits per heavy atom. The van der Waals surface area contributed by atoms with E-state index in [1.165, 1.54) is 44.0 Å². The number of hydrogen-bond acceptors (Lipinski definition) is 5. The lowest BCUT2D eigenvalue weighted by Gasteiger charge is -2.24. The van der Waals surface area contributed by atoms with Crippen LogP contribution in [0.25, 0.3) is 0 Å². The normalized spacial score (nSPS) is 20.7. The monoisotopic (exact) mass is 456 g/mol. The second-order valence-electron chi connectivity index (χ2n) is 9.51. The number of nitrogens with one attached hydrogen (secondary N) is 1. The number of hydrogen-bond donors (Lipinski definition) is 1. The van der Waals surface area contributed by atoms with E-state index in [1.54, 1.807) is 13.2 Å². The van der Waals surface area contributed by atoms with Crippen LogP contribution >= 0.6 is 0 Å². The van der Waals surface area contributed by atoms with E-state index in [-0.39, 0.29) is 0 Å². The maximum absolute atomic E-state index is 12.2. The molecule has 176 valence electrons. The number of anilines is 4. The highest BCUT2D eigenvalue weighted by atomic mass is 16.5. The number of esters is 1. The first-order valence-corrected chi connectivity index (χ1v) is 12.0. The summed E-state index contributed by atoms with van der Waals surface area (Å²) in [5.41, 5.74) is 5.77. The highest BCUT2D eigenvalue weighted by Gasteiger charge is 2.39. The molecule has 1 N–H and O–H groups in total. The zero-order valence-corrected chi connectivity index (χ0v) is 20.1. The van der Waals surface area contributed by atoms with Crippen LogP contribution in [0.5, 0.6) is 5.75 Å². The topological polar surface area (TPSA) is 50.8 Å². The largest absolute Gasteiger partial charge is 0.497 e. The van der Waals surface area contributed by atoms with Gasteiger partial charge in [-0.05, 0) is 97.2 Å². The summed E-state index contributed by atoms with van der Waals surface area (Å²) in [6, 6.07) is 22.6. The van der Waals surface area contributed by atoms with Crippen molar-refractivity contribution in [1.82, 2.24) is 0 Å². The quantitative estimate of drug-likeness (QED) is 0.392. The summed E-state index contributed by atoms with van der Waals surface area (Å²) in [5, 5.41) is 3.32. The second kappa shape index (κ2) is 9.41. The number of benzene rings is 3. The molecule has 3 aromatic carbocycles. The van der Waals surface area contributed by atoms with Gasteiger partial charge in [-0.1, -0.05) is 18.6 Å². The molecule has 0 aromatic heterocycles. The first-order valence-electron chi connectivity index (χ1n) is 12.0. The molecule has 2 saturated carbocycles. The third-order valence-corrected chi connectivity index (χ3v) is 7.61. The van der Waals surface area contributed by atoms with Gasteiger partial charge in [0.25, 0.3) is 0 Å². The molecule has 2 aliphatic rings. The van der Waals surface area contributed by atoms with Crippen LogP contribution in [-0.4, -0.2) is 27.2 Å². The van der Waals surface area contributed by atoms with Gasteiger partial charge in [-0.25, -0.2) is 4.79 Å². The van der Waals surface area contributed by atoms with E-state index in [0.717, 1.165) is 29.1 Å². The van der Waals surface area contributed by atoms with Crippen LogP contribution in [0, 0.1) is 11.8 Å². The Morgan fingerprint density at radius 1 is 0.912 bits per heavy atom. The minimum atomic E-state index is -0.411. The summed E-state index contributed by atoms with van der Waals surface area (Å²) in [4.78, 5) is 14.4. The molecule has 0 aliphatic heterocycles. The lowest BCUT2D eigenvalue weighted by molar-refractivity contribution is 0.0601. The zero-order valence-electron chi connectivity index (χ0n) is 20.1. The molecule has 0 radical (unpaired) electrons. The van der Waals surface area contributed by atoms with Crippen LogP contribution in [0.4, 0.5) is 22.7 Å². The second-order valence-corrected chi connectivity index (χ2v) is 9.51. The zero-order chi connectivity index (χ0) is 23.7. The maximum Gasteiger partial charge on any atom is 0.340 e. The van der Waals surface area contributed by atoms with Gasteiger partial charge < -0.3 is 19.7 Å². The van der Waals surface area contributed by atoms with Crippen LogP contribution in [0.15, 0.2) is 66.7 Å². The molecule has 0 heterocycles. The molecule has 34 heavy (non-hydrogen) atoms. The van der Waals surface area contributed by atoms with Gasteiger partial charge in [0, 0.05) is 24.1 Å². The molecule has 2 fully saturated rings. The average molecular weight is 457 g/mol. The Morgan fingerprint density at radius 2 is 1.62 bits per heavy atom. The Hall–Kier alpha value is -3.47. The molecule has 5 nitrogen and oxygen atoms in total. The Kier molecular flexibility index (Phi) is 6.18. The van der Waals surface area contributed by atoms with Crippen molar-refractivity contribution in [1.29, 1.82) is 0 Å². The number of nitrogens with zero attached hydrogens (tertiary/aromatic N) is 1. The predicted molar refractivity (Wildman–Crippen MR) is 137 cm³/mol. The van der Waals surface area contributed by atoms with Gasteiger partial charge in [-0.3, -0.25) is 0 Å². The van der Waals surface area contributed by atoms with E-state index in [2.05, 4.69) is 53.7 Å². The van der Waals surface area contributed by atoms with Crippen molar-refractivity contribution in [3.63, 3.8) is 0 Å². The molecule has 0 spiro atoms. The van der Waals surface area contributed by atoms with Crippen molar-refractivity contribution in [2.24, 2.45) is 11.8 Å². The lowest BCUT2D eigenvalue weighted by atomic mass is 9.83. The van der Waals surface area contributed by atoms with Crippen LogP contribution in [-0.2, 0) is 4.74 Å². The molecular weight excluding hydrogens is 424 g/mol. The SMILES string of the molecule is COC(=O)c1cc(OC)ccc1Nc1ccc(N(C)c2ccc(C3CC4CCC3C4)cc2)cc1. The fourth-order valence-electron chi connectivity index (χ4n) is 5.71. The van der Waals surface area contributed by atoms with Gasteiger partial charge in [-0.15, -0.1) is 0 Å². The predicted octanol–water partition coefficient (Wildman–Crippen LogP) is 6.90. The van der Waals surface area contributed by atoms with E-state index in [1.807, 2.05) is 24.3 Å². The minimum Gasteiger partial charge on any atom is -0.497 e.